The summed E-state index contributed by atoms with van der Waals surface area (Å²) in [7, 11) is -10.0. The maximum absolute atomic E-state index is 13.1. The first-order valence-corrected chi connectivity index (χ1v) is 44.3. The Balaban J connectivity index is 5.59. The first-order valence-electron chi connectivity index (χ1n) is 41.3. The van der Waals surface area contributed by atoms with Crippen LogP contribution in [0, 0.1) is 0 Å². The summed E-state index contributed by atoms with van der Waals surface area (Å²) < 4.78 is 68.5. The van der Waals surface area contributed by atoms with Crippen LogP contribution in [0.3, 0.4) is 0 Å². The first-order chi connectivity index (χ1) is 53.7. The molecule has 0 aromatic carbocycles. The minimum atomic E-state index is -5.03. The number of hydrogen-bond acceptors (Lipinski definition) is 15. The molecule has 0 aliphatic rings. The monoisotopic (exact) mass is 1570 g/mol. The van der Waals surface area contributed by atoms with Crippen LogP contribution in [0.25, 0.3) is 0 Å². The van der Waals surface area contributed by atoms with Gasteiger partial charge in [0.05, 0.1) is 26.4 Å². The Labute approximate surface area is 665 Å². The van der Waals surface area contributed by atoms with Gasteiger partial charge in [0.15, 0.2) is 12.2 Å². The predicted octanol–water partition coefficient (Wildman–Crippen LogP) is 24.7. The van der Waals surface area contributed by atoms with E-state index in [1.54, 1.807) is 0 Å². The van der Waals surface area contributed by atoms with Gasteiger partial charge in [0.25, 0.3) is 0 Å². The zero-order chi connectivity index (χ0) is 80.3. The minimum absolute atomic E-state index is 0.00744. The molecule has 0 aliphatic carbocycles. The number of carbonyl (C=O) groups excluding carboxylic acids is 4. The highest BCUT2D eigenvalue weighted by molar-refractivity contribution is 7.47. The molecule has 0 radical (unpaired) electrons. The number of rotatable bonds is 75. The van der Waals surface area contributed by atoms with Crippen LogP contribution in [0.1, 0.15) is 285 Å². The van der Waals surface area contributed by atoms with Crippen LogP contribution in [-0.4, -0.2) is 96.7 Å². The van der Waals surface area contributed by atoms with Gasteiger partial charge in [-0.1, -0.05) is 298 Å². The fraction of sp³-hybridized carbons (Fsp3) is 0.582. The van der Waals surface area contributed by atoms with Crippen molar-refractivity contribution in [3.05, 3.63) is 207 Å². The predicted molar refractivity (Wildman–Crippen MR) is 454 cm³/mol. The number of phosphoric ester groups is 2. The lowest BCUT2D eigenvalue weighted by Gasteiger charge is -2.21. The average Bonchev–Trinajstić information content (AvgIpc) is 0.907. The molecule has 0 aromatic heterocycles. The standard InChI is InChI=1S/C91H144O17P2/c1-5-9-13-17-21-25-29-33-37-40-42-45-48-52-56-60-64-68-72-76-89(94)102-82-87(108-91(96)78-74-70-66-62-58-54-50-46-43-41-38-34-30-26-22-18-14-10-6-2)84-106-110(99,100)104-80-85(92)79-103-109(97,98)105-83-86(81-101-88(93)75-71-67-63-59-55-51-47-36-32-28-24-20-16-12-8-4)107-90(95)77-73-69-65-61-57-53-49-44-39-35-31-27-23-19-15-11-7-3/h9-10,13-14,21-23,25-28,32-35,37-39,42-43,45-46,49,52-54,56,58,61,64-66,68,70,85-87,92H,5-8,11-12,15-20,24,29-31,36,40-41,44,47-48,50-51,55,57,59-60,62-63,67,69,71-84H2,1-4H3,(H,97,98)(H,99,100)/b13-9-,14-10-,25-21-,26-22-,27-23-,32-28-,37-33-,38-34-,39-35-,45-42-,46-43-,53-49-,56-52-,58-54-,65-61-,68-64-,70-66-/t85-,86+,87+/m0/s1. The molecule has 110 heavy (non-hydrogen) atoms. The van der Waals surface area contributed by atoms with Gasteiger partial charge in [0, 0.05) is 25.7 Å². The second-order valence-corrected chi connectivity index (χ2v) is 29.5. The number of aliphatic hydroxyl groups is 1. The highest BCUT2D eigenvalue weighted by Gasteiger charge is 2.30. The summed E-state index contributed by atoms with van der Waals surface area (Å²) in [4.78, 5) is 73.1. The molecule has 0 heterocycles. The van der Waals surface area contributed by atoms with E-state index in [1.807, 2.05) is 48.6 Å². The molecule has 19 heteroatoms. The quantitative estimate of drug-likeness (QED) is 0.0169. The fourth-order valence-electron chi connectivity index (χ4n) is 10.0. The van der Waals surface area contributed by atoms with E-state index in [0.29, 0.717) is 44.9 Å². The number of phosphoric acid groups is 2. The van der Waals surface area contributed by atoms with E-state index in [1.165, 1.54) is 44.9 Å². The van der Waals surface area contributed by atoms with E-state index in [2.05, 4.69) is 186 Å². The Bertz CT molecular complexity index is 2900. The second kappa shape index (κ2) is 80.7. The summed E-state index contributed by atoms with van der Waals surface area (Å²) in [5.74, 6) is -2.46. The van der Waals surface area contributed by atoms with Crippen LogP contribution in [-0.2, 0) is 65.4 Å². The summed E-state index contributed by atoms with van der Waals surface area (Å²) in [5, 5.41) is 10.7. The minimum Gasteiger partial charge on any atom is -0.462 e. The molecule has 3 N–H and O–H groups in total. The van der Waals surface area contributed by atoms with Crippen molar-refractivity contribution in [1.82, 2.24) is 0 Å². The van der Waals surface area contributed by atoms with Crippen LogP contribution in [0.2, 0.25) is 0 Å². The van der Waals surface area contributed by atoms with Crippen molar-refractivity contribution < 1.29 is 80.2 Å². The summed E-state index contributed by atoms with van der Waals surface area (Å²) >= 11 is 0. The van der Waals surface area contributed by atoms with Crippen LogP contribution >= 0.6 is 15.6 Å². The van der Waals surface area contributed by atoms with Crippen molar-refractivity contribution in [1.29, 1.82) is 0 Å². The van der Waals surface area contributed by atoms with Gasteiger partial charge in [0.2, 0.25) is 0 Å². The maximum atomic E-state index is 13.1. The van der Waals surface area contributed by atoms with Crippen LogP contribution < -0.4 is 0 Å². The molecule has 2 unspecified atom stereocenters. The number of aliphatic hydroxyl groups excluding tert-OH is 1. The SMILES string of the molecule is CC/C=C\C/C=C\C/C=C\C/C=C\C/C=C\C/C=C\CCC(=O)OC[C@H](COP(=O)(O)OC[C@@H](O)COP(=O)(O)OC[C@@H](COC(=O)CCCCCCCCC/C=C\CCCCCC)OC(=O)CCC/C=C\C/C=C\C/C=C\C/C=C\CCCCC)OC(=O)CC/C=C\C/C=C\C/C=C\C/C=C\C/C=C\C/C=C\CC. The van der Waals surface area contributed by atoms with E-state index in [4.69, 9.17) is 37.0 Å². The van der Waals surface area contributed by atoms with E-state index in [0.717, 1.165) is 141 Å². The summed E-state index contributed by atoms with van der Waals surface area (Å²) in [6, 6.07) is 0. The number of hydrogen-bond donors (Lipinski definition) is 3. The van der Waals surface area contributed by atoms with Crippen molar-refractivity contribution in [2.75, 3.05) is 39.6 Å². The third kappa shape index (κ3) is 79.7. The molecule has 0 rings (SSSR count). The molecule has 0 saturated carbocycles. The van der Waals surface area contributed by atoms with E-state index in [-0.39, 0.29) is 25.7 Å². The van der Waals surface area contributed by atoms with Crippen LogP contribution in [0.5, 0.6) is 0 Å². The van der Waals surface area contributed by atoms with Crippen molar-refractivity contribution >= 4 is 39.5 Å². The Kier molecular flexibility index (Phi) is 76.0. The maximum Gasteiger partial charge on any atom is 0.472 e. The second-order valence-electron chi connectivity index (χ2n) is 26.6. The normalized spacial score (nSPS) is 14.9. The molecule has 17 nitrogen and oxygen atoms in total. The zero-order valence-corrected chi connectivity index (χ0v) is 69.6. The molecule has 0 spiro atoms. The summed E-state index contributed by atoms with van der Waals surface area (Å²) in [6.45, 7) is 4.34. The average molecular weight is 1570 g/mol. The third-order valence-electron chi connectivity index (χ3n) is 16.2. The zero-order valence-electron chi connectivity index (χ0n) is 67.8. The summed E-state index contributed by atoms with van der Waals surface area (Å²) in [5.41, 5.74) is 0. The van der Waals surface area contributed by atoms with Gasteiger partial charge in [-0.05, 0) is 167 Å². The van der Waals surface area contributed by atoms with Gasteiger partial charge in [-0.3, -0.25) is 37.3 Å². The lowest BCUT2D eigenvalue weighted by atomic mass is 10.1. The number of unbranched alkanes of at least 4 members (excludes halogenated alkanes) is 15. The Morgan fingerprint density at radius 1 is 0.264 bits per heavy atom. The molecule has 5 atom stereocenters. The van der Waals surface area contributed by atoms with Crippen LogP contribution in [0.4, 0.5) is 0 Å². The first kappa shape index (κ1) is 104. The Morgan fingerprint density at radius 3 is 0.855 bits per heavy atom. The topological polar surface area (TPSA) is 237 Å². The van der Waals surface area contributed by atoms with E-state index in [9.17, 15) is 43.2 Å². The molecule has 0 aliphatic heterocycles. The van der Waals surface area contributed by atoms with Gasteiger partial charge in [-0.2, -0.15) is 0 Å². The van der Waals surface area contributed by atoms with Gasteiger partial charge in [-0.15, -0.1) is 0 Å². The smallest absolute Gasteiger partial charge is 0.462 e. The number of ether oxygens (including phenoxy) is 4. The lowest BCUT2D eigenvalue weighted by Crippen LogP contribution is -2.30. The third-order valence-corrected chi connectivity index (χ3v) is 18.1. The van der Waals surface area contributed by atoms with E-state index < -0.39 is 97.5 Å². The van der Waals surface area contributed by atoms with Gasteiger partial charge >= 0.3 is 39.5 Å². The van der Waals surface area contributed by atoms with Gasteiger partial charge < -0.3 is 33.8 Å². The highest BCUT2D eigenvalue weighted by atomic mass is 31.2. The lowest BCUT2D eigenvalue weighted by molar-refractivity contribution is -0.161. The number of carbonyl (C=O) groups is 4. The van der Waals surface area contributed by atoms with Gasteiger partial charge in [-0.25, -0.2) is 9.13 Å². The van der Waals surface area contributed by atoms with Crippen LogP contribution in [0.15, 0.2) is 207 Å². The van der Waals surface area contributed by atoms with Gasteiger partial charge in [0.1, 0.15) is 19.3 Å². The highest BCUT2D eigenvalue weighted by Crippen LogP contribution is 2.45. The Morgan fingerprint density at radius 2 is 0.500 bits per heavy atom. The van der Waals surface area contributed by atoms with Crippen molar-refractivity contribution in [2.24, 2.45) is 0 Å². The molecule has 0 amide bonds. The summed E-state index contributed by atoms with van der Waals surface area (Å²) in [6.07, 6.45) is 101. The van der Waals surface area contributed by atoms with Crippen molar-refractivity contribution in [3.8, 4) is 0 Å². The Hall–Kier alpha value is -6.36. The molecule has 0 fully saturated rings. The number of allylic oxidation sites excluding steroid dienone is 34. The molecule has 620 valence electrons. The molecule has 0 saturated heterocycles. The van der Waals surface area contributed by atoms with Crippen molar-refractivity contribution in [3.63, 3.8) is 0 Å². The molecule has 0 aromatic rings. The van der Waals surface area contributed by atoms with E-state index >= 15 is 0 Å². The van der Waals surface area contributed by atoms with Crippen molar-refractivity contribution in [2.45, 2.75) is 303 Å². The number of esters is 4. The largest absolute Gasteiger partial charge is 0.472 e. The molecular formula is C91H144O17P2. The molecular weight excluding hydrogens is 1430 g/mol. The fourth-order valence-corrected chi connectivity index (χ4v) is 11.6. The molecule has 0 bridgehead atoms.